The number of nitro groups is 1. The largest absolute Gasteiger partial charge is 0.375 e. The van der Waals surface area contributed by atoms with E-state index in [0.29, 0.717) is 10.8 Å². The lowest BCUT2D eigenvalue weighted by Crippen LogP contribution is -2.45. The Balaban J connectivity index is 1.69. The van der Waals surface area contributed by atoms with Gasteiger partial charge in [0.25, 0.3) is 5.69 Å². The summed E-state index contributed by atoms with van der Waals surface area (Å²) in [5.41, 5.74) is -0.0900. The Bertz CT molecular complexity index is 555. The minimum absolute atomic E-state index is 0.00141. The summed E-state index contributed by atoms with van der Waals surface area (Å²) < 4.78 is 6.07. The second-order valence-electron chi connectivity index (χ2n) is 6.21. The van der Waals surface area contributed by atoms with Gasteiger partial charge in [0.2, 0.25) is 0 Å². The lowest BCUT2D eigenvalue weighted by molar-refractivity contribution is -0.385. The van der Waals surface area contributed by atoms with Crippen LogP contribution in [0.2, 0.25) is 5.02 Å². The molecule has 7 heteroatoms. The van der Waals surface area contributed by atoms with Crippen LogP contribution >= 0.6 is 11.6 Å². The van der Waals surface area contributed by atoms with Gasteiger partial charge in [-0.3, -0.25) is 10.1 Å². The molecule has 1 aromatic heterocycles. The van der Waals surface area contributed by atoms with Gasteiger partial charge in [-0.05, 0) is 25.7 Å². The molecule has 0 amide bonds. The third kappa shape index (κ3) is 3.33. The molecule has 2 fully saturated rings. The molecule has 6 nitrogen and oxygen atoms in total. The molecule has 1 unspecified atom stereocenters. The SMILES string of the molecule is O=[N+]([O-])c1cnc(NC2CCOC3(CCCCC3)C2)c(Cl)c1. The normalized spacial score (nSPS) is 24.1. The van der Waals surface area contributed by atoms with E-state index in [2.05, 4.69) is 10.3 Å². The van der Waals surface area contributed by atoms with Gasteiger partial charge in [0.1, 0.15) is 12.0 Å². The third-order valence-corrected chi connectivity index (χ3v) is 4.92. The highest BCUT2D eigenvalue weighted by Crippen LogP contribution is 2.39. The van der Waals surface area contributed by atoms with E-state index in [1.54, 1.807) is 0 Å². The Morgan fingerprint density at radius 2 is 2.18 bits per heavy atom. The molecule has 120 valence electrons. The lowest BCUT2D eigenvalue weighted by Gasteiger charge is -2.43. The number of nitrogens with one attached hydrogen (secondary N) is 1. The Morgan fingerprint density at radius 3 is 2.86 bits per heavy atom. The van der Waals surface area contributed by atoms with E-state index in [9.17, 15) is 10.1 Å². The molecule has 3 rings (SSSR count). The molecule has 1 saturated heterocycles. The molecular weight excluding hydrogens is 306 g/mol. The fourth-order valence-electron chi connectivity index (χ4n) is 3.52. The van der Waals surface area contributed by atoms with Crippen LogP contribution in [-0.4, -0.2) is 28.2 Å². The minimum Gasteiger partial charge on any atom is -0.375 e. The van der Waals surface area contributed by atoms with Gasteiger partial charge < -0.3 is 10.1 Å². The second kappa shape index (κ2) is 6.38. The van der Waals surface area contributed by atoms with Gasteiger partial charge in [-0.2, -0.15) is 0 Å². The van der Waals surface area contributed by atoms with Crippen molar-refractivity contribution >= 4 is 23.1 Å². The van der Waals surface area contributed by atoms with Crippen molar-refractivity contribution in [1.82, 2.24) is 4.98 Å². The molecule has 1 saturated carbocycles. The van der Waals surface area contributed by atoms with Crippen LogP contribution in [0.1, 0.15) is 44.9 Å². The number of rotatable bonds is 3. The zero-order chi connectivity index (χ0) is 15.6. The van der Waals surface area contributed by atoms with Gasteiger partial charge >= 0.3 is 0 Å². The topological polar surface area (TPSA) is 77.3 Å². The van der Waals surface area contributed by atoms with Crippen molar-refractivity contribution < 1.29 is 9.66 Å². The highest BCUT2D eigenvalue weighted by atomic mass is 35.5. The average molecular weight is 326 g/mol. The zero-order valence-electron chi connectivity index (χ0n) is 12.4. The van der Waals surface area contributed by atoms with Crippen LogP contribution in [0.25, 0.3) is 0 Å². The second-order valence-corrected chi connectivity index (χ2v) is 6.61. The number of anilines is 1. The van der Waals surface area contributed by atoms with Crippen LogP contribution in [-0.2, 0) is 4.74 Å². The molecule has 0 radical (unpaired) electrons. The van der Waals surface area contributed by atoms with Crippen molar-refractivity contribution in [2.24, 2.45) is 0 Å². The van der Waals surface area contributed by atoms with E-state index in [1.807, 2.05) is 0 Å². The highest BCUT2D eigenvalue weighted by Gasteiger charge is 2.38. The number of ether oxygens (including phenoxy) is 1. The van der Waals surface area contributed by atoms with Gasteiger partial charge in [-0.25, -0.2) is 4.98 Å². The first-order chi connectivity index (χ1) is 10.6. The molecular formula is C15H20ClN3O3. The number of aromatic nitrogens is 1. The van der Waals surface area contributed by atoms with Crippen LogP contribution < -0.4 is 5.32 Å². The van der Waals surface area contributed by atoms with Crippen molar-refractivity contribution in [3.63, 3.8) is 0 Å². The molecule has 1 atom stereocenters. The predicted molar refractivity (Wildman–Crippen MR) is 84.3 cm³/mol. The van der Waals surface area contributed by atoms with Gasteiger partial charge in [-0.15, -0.1) is 0 Å². The molecule has 2 heterocycles. The van der Waals surface area contributed by atoms with Crippen LogP contribution in [0.3, 0.4) is 0 Å². The predicted octanol–water partition coefficient (Wildman–Crippen LogP) is 3.94. The molecule has 2 aliphatic rings. The van der Waals surface area contributed by atoms with Crippen molar-refractivity contribution in [3.8, 4) is 0 Å². The number of hydrogen-bond donors (Lipinski definition) is 1. The van der Waals surface area contributed by atoms with Gasteiger partial charge in [0, 0.05) is 18.7 Å². The number of halogens is 1. The van der Waals surface area contributed by atoms with Crippen molar-refractivity contribution in [2.75, 3.05) is 11.9 Å². The fraction of sp³-hybridized carbons (Fsp3) is 0.667. The van der Waals surface area contributed by atoms with Crippen LogP contribution in [0.5, 0.6) is 0 Å². The van der Waals surface area contributed by atoms with Crippen LogP contribution in [0.15, 0.2) is 12.3 Å². The summed E-state index contributed by atoms with van der Waals surface area (Å²) in [5, 5.41) is 14.4. The monoisotopic (exact) mass is 325 g/mol. The molecule has 1 aliphatic carbocycles. The van der Waals surface area contributed by atoms with Crippen molar-refractivity contribution in [1.29, 1.82) is 0 Å². The Labute approximate surface area is 134 Å². The maximum atomic E-state index is 10.7. The van der Waals surface area contributed by atoms with Gasteiger partial charge in [-0.1, -0.05) is 30.9 Å². The molecule has 0 bridgehead atoms. The van der Waals surface area contributed by atoms with Gasteiger partial charge in [0.15, 0.2) is 0 Å². The average Bonchev–Trinajstić information content (AvgIpc) is 2.50. The van der Waals surface area contributed by atoms with Crippen molar-refractivity contribution in [2.45, 2.75) is 56.6 Å². The quantitative estimate of drug-likeness (QED) is 0.672. The lowest BCUT2D eigenvalue weighted by atomic mass is 9.78. The number of pyridine rings is 1. The Kier molecular flexibility index (Phi) is 4.49. The number of nitrogens with zero attached hydrogens (tertiary/aromatic N) is 2. The summed E-state index contributed by atoms with van der Waals surface area (Å²) >= 11 is 6.11. The van der Waals surface area contributed by atoms with E-state index in [1.165, 1.54) is 31.5 Å². The third-order valence-electron chi connectivity index (χ3n) is 4.64. The zero-order valence-corrected chi connectivity index (χ0v) is 13.1. The van der Waals surface area contributed by atoms with E-state index in [0.717, 1.165) is 32.3 Å². The Morgan fingerprint density at radius 1 is 1.41 bits per heavy atom. The summed E-state index contributed by atoms with van der Waals surface area (Å²) in [6.45, 7) is 0.738. The molecule has 1 N–H and O–H groups in total. The summed E-state index contributed by atoms with van der Waals surface area (Å²) in [7, 11) is 0. The van der Waals surface area contributed by atoms with Crippen LogP contribution in [0.4, 0.5) is 11.5 Å². The maximum Gasteiger partial charge on any atom is 0.289 e. The Hall–Kier alpha value is -1.40. The van der Waals surface area contributed by atoms with E-state index in [4.69, 9.17) is 16.3 Å². The molecule has 1 aromatic rings. The smallest absolute Gasteiger partial charge is 0.289 e. The molecule has 1 spiro atoms. The molecule has 22 heavy (non-hydrogen) atoms. The van der Waals surface area contributed by atoms with E-state index < -0.39 is 4.92 Å². The van der Waals surface area contributed by atoms with E-state index >= 15 is 0 Å². The minimum atomic E-state index is -0.492. The highest BCUT2D eigenvalue weighted by molar-refractivity contribution is 6.33. The van der Waals surface area contributed by atoms with E-state index in [-0.39, 0.29) is 17.3 Å². The van der Waals surface area contributed by atoms with Gasteiger partial charge in [0.05, 0.1) is 15.5 Å². The fourth-order valence-corrected chi connectivity index (χ4v) is 3.74. The first kappa shape index (κ1) is 15.5. The maximum absolute atomic E-state index is 10.7. The first-order valence-corrected chi connectivity index (χ1v) is 8.16. The molecule has 0 aromatic carbocycles. The summed E-state index contributed by atoms with van der Waals surface area (Å²) in [6.07, 6.45) is 9.06. The first-order valence-electron chi connectivity index (χ1n) is 7.78. The van der Waals surface area contributed by atoms with Crippen molar-refractivity contribution in [3.05, 3.63) is 27.4 Å². The number of hydrogen-bond acceptors (Lipinski definition) is 5. The summed E-state index contributed by atoms with van der Waals surface area (Å²) in [4.78, 5) is 14.3. The van der Waals surface area contributed by atoms with Crippen LogP contribution in [0, 0.1) is 10.1 Å². The summed E-state index contributed by atoms with van der Waals surface area (Å²) in [5.74, 6) is 0.519. The standard InChI is InChI=1S/C15H20ClN3O3/c16-13-8-12(19(20)21)10-17-14(13)18-11-4-7-22-15(9-11)5-2-1-3-6-15/h8,10-11H,1-7,9H2,(H,17,18). The summed E-state index contributed by atoms with van der Waals surface area (Å²) in [6, 6.07) is 1.59. The molecule has 1 aliphatic heterocycles.